The molecule has 0 bridgehead atoms. The molecule has 0 amide bonds. The fourth-order valence-corrected chi connectivity index (χ4v) is 2.34. The minimum absolute atomic E-state index is 0.0778. The van der Waals surface area contributed by atoms with Gasteiger partial charge in [0.15, 0.2) is 6.10 Å². The molecule has 0 saturated heterocycles. The van der Waals surface area contributed by atoms with Crippen molar-refractivity contribution in [1.29, 1.82) is 0 Å². The van der Waals surface area contributed by atoms with Crippen molar-refractivity contribution >= 4 is 11.5 Å². The van der Waals surface area contributed by atoms with Crippen LogP contribution < -0.4 is 0 Å². The van der Waals surface area contributed by atoms with Gasteiger partial charge < -0.3 is 10.2 Å². The van der Waals surface area contributed by atoms with Gasteiger partial charge in [-0.1, -0.05) is 18.2 Å². The van der Waals surface area contributed by atoms with E-state index in [4.69, 9.17) is 5.11 Å². The van der Waals surface area contributed by atoms with E-state index in [1.54, 1.807) is 12.1 Å². The largest absolute Gasteiger partial charge is 0.479 e. The molecule has 2 N–H and O–H groups in total. The lowest BCUT2D eigenvalue weighted by Gasteiger charge is -2.14. The quantitative estimate of drug-likeness (QED) is 0.879. The fraction of sp³-hybridized carbons (Fsp3) is 0.400. The highest BCUT2D eigenvalue weighted by Crippen LogP contribution is 2.29. The molecule has 3 nitrogen and oxygen atoms in total. The molecule has 1 atom stereocenters. The van der Waals surface area contributed by atoms with E-state index >= 15 is 0 Å². The van der Waals surface area contributed by atoms with E-state index in [0.717, 1.165) is 31.3 Å². The van der Waals surface area contributed by atoms with Gasteiger partial charge in [0.2, 0.25) is 0 Å². The molecule has 102 valence electrons. The van der Waals surface area contributed by atoms with Crippen molar-refractivity contribution in [2.24, 2.45) is 0 Å². The van der Waals surface area contributed by atoms with Crippen LogP contribution in [0.15, 0.2) is 24.3 Å². The predicted molar refractivity (Wildman–Crippen MR) is 70.2 cm³/mol. The maximum absolute atomic E-state index is 14.0. The Bertz CT molecular complexity index is 508. The molecule has 19 heavy (non-hydrogen) atoms. The van der Waals surface area contributed by atoms with Crippen LogP contribution in [0, 0.1) is 5.82 Å². The van der Waals surface area contributed by atoms with Crippen LogP contribution in [0.2, 0.25) is 0 Å². The standard InChI is InChI=1S/C15H17FO3/c16-13-8-10(9-14(17)15(18)19)6-7-12(13)11-4-2-1-3-5-11/h4,6-8,14,17H,1-3,5,9H2,(H,18,19)/t14-/m0/s1. The highest BCUT2D eigenvalue weighted by atomic mass is 19.1. The second-order valence-corrected chi connectivity index (χ2v) is 4.85. The van der Waals surface area contributed by atoms with Gasteiger partial charge in [-0.05, 0) is 42.9 Å². The number of halogens is 1. The lowest BCUT2D eigenvalue weighted by molar-refractivity contribution is -0.146. The van der Waals surface area contributed by atoms with E-state index in [9.17, 15) is 14.3 Å². The second-order valence-electron chi connectivity index (χ2n) is 4.85. The first-order valence-corrected chi connectivity index (χ1v) is 6.46. The van der Waals surface area contributed by atoms with Crippen LogP contribution in [-0.2, 0) is 11.2 Å². The number of benzene rings is 1. The molecule has 1 aliphatic carbocycles. The van der Waals surface area contributed by atoms with E-state index in [1.807, 2.05) is 0 Å². The summed E-state index contributed by atoms with van der Waals surface area (Å²) in [5.41, 5.74) is 2.11. The average Bonchev–Trinajstić information content (AvgIpc) is 2.39. The number of allylic oxidation sites excluding steroid dienone is 2. The van der Waals surface area contributed by atoms with Crippen LogP contribution in [-0.4, -0.2) is 22.3 Å². The topological polar surface area (TPSA) is 57.5 Å². The molecule has 0 aliphatic heterocycles. The molecule has 0 saturated carbocycles. The van der Waals surface area contributed by atoms with Crippen LogP contribution in [0.5, 0.6) is 0 Å². The third kappa shape index (κ3) is 3.41. The molecule has 0 unspecified atom stereocenters. The zero-order valence-electron chi connectivity index (χ0n) is 10.6. The van der Waals surface area contributed by atoms with E-state index in [1.165, 1.54) is 6.07 Å². The molecule has 1 aromatic carbocycles. The Morgan fingerprint density at radius 3 is 2.74 bits per heavy atom. The minimum atomic E-state index is -1.49. The molecule has 0 fully saturated rings. The SMILES string of the molecule is O=C(O)[C@@H](O)Cc1ccc(C2=CCCCC2)c(F)c1. The van der Waals surface area contributed by atoms with Crippen LogP contribution in [0.25, 0.3) is 5.57 Å². The summed E-state index contributed by atoms with van der Waals surface area (Å²) in [4.78, 5) is 10.5. The number of carboxylic acids is 1. The van der Waals surface area contributed by atoms with Crippen LogP contribution >= 0.6 is 0 Å². The van der Waals surface area contributed by atoms with Crippen molar-refractivity contribution in [3.63, 3.8) is 0 Å². The highest BCUT2D eigenvalue weighted by molar-refractivity contribution is 5.72. The van der Waals surface area contributed by atoms with Crippen LogP contribution in [0.4, 0.5) is 4.39 Å². The maximum Gasteiger partial charge on any atom is 0.332 e. The highest BCUT2D eigenvalue weighted by Gasteiger charge is 2.16. The molecule has 4 heteroatoms. The first-order valence-electron chi connectivity index (χ1n) is 6.46. The fourth-order valence-electron chi connectivity index (χ4n) is 2.34. The van der Waals surface area contributed by atoms with Gasteiger partial charge in [-0.3, -0.25) is 0 Å². The van der Waals surface area contributed by atoms with Gasteiger partial charge in [0.05, 0.1) is 0 Å². The molecular weight excluding hydrogens is 247 g/mol. The number of aliphatic hydroxyl groups excluding tert-OH is 1. The van der Waals surface area contributed by atoms with E-state index in [0.29, 0.717) is 11.1 Å². The second kappa shape index (κ2) is 5.97. The zero-order valence-corrected chi connectivity index (χ0v) is 10.6. The van der Waals surface area contributed by atoms with Gasteiger partial charge in [-0.25, -0.2) is 9.18 Å². The Kier molecular flexibility index (Phi) is 4.32. The van der Waals surface area contributed by atoms with Crippen molar-refractivity contribution in [2.75, 3.05) is 0 Å². The normalized spacial score (nSPS) is 16.8. The Labute approximate surface area is 111 Å². The molecular formula is C15H17FO3. The van der Waals surface area contributed by atoms with E-state index in [2.05, 4.69) is 6.08 Å². The maximum atomic E-state index is 14.0. The summed E-state index contributed by atoms with van der Waals surface area (Å²) in [5.74, 6) is -1.64. The third-order valence-electron chi connectivity index (χ3n) is 3.38. The van der Waals surface area contributed by atoms with Crippen LogP contribution in [0.1, 0.15) is 36.8 Å². The van der Waals surface area contributed by atoms with E-state index < -0.39 is 12.1 Å². The average molecular weight is 264 g/mol. The number of aliphatic carboxylic acids is 1. The monoisotopic (exact) mass is 264 g/mol. The first-order chi connectivity index (χ1) is 9.08. The smallest absolute Gasteiger partial charge is 0.332 e. The minimum Gasteiger partial charge on any atom is -0.479 e. The van der Waals surface area contributed by atoms with Gasteiger partial charge >= 0.3 is 5.97 Å². The lowest BCUT2D eigenvalue weighted by Crippen LogP contribution is -2.22. The summed E-state index contributed by atoms with van der Waals surface area (Å²) in [5, 5.41) is 17.9. The van der Waals surface area contributed by atoms with Crippen LogP contribution in [0.3, 0.4) is 0 Å². The molecule has 1 aromatic rings. The summed E-state index contributed by atoms with van der Waals surface area (Å²) in [6, 6.07) is 4.67. The van der Waals surface area contributed by atoms with Gasteiger partial charge in [0.25, 0.3) is 0 Å². The summed E-state index contributed by atoms with van der Waals surface area (Å²) < 4.78 is 14.0. The zero-order chi connectivity index (χ0) is 13.8. The summed E-state index contributed by atoms with van der Waals surface area (Å²) >= 11 is 0. The number of carbonyl (C=O) groups is 1. The van der Waals surface area contributed by atoms with Crippen molar-refractivity contribution in [3.8, 4) is 0 Å². The number of hydrogen-bond acceptors (Lipinski definition) is 2. The molecule has 2 rings (SSSR count). The number of hydrogen-bond donors (Lipinski definition) is 2. The van der Waals surface area contributed by atoms with Crippen molar-refractivity contribution in [1.82, 2.24) is 0 Å². The molecule has 1 aliphatic rings. The van der Waals surface area contributed by atoms with Crippen molar-refractivity contribution in [2.45, 2.75) is 38.2 Å². The number of aliphatic hydroxyl groups is 1. The molecule has 0 spiro atoms. The Morgan fingerprint density at radius 1 is 1.37 bits per heavy atom. The third-order valence-corrected chi connectivity index (χ3v) is 3.38. The molecule has 0 aromatic heterocycles. The predicted octanol–water partition coefficient (Wildman–Crippen LogP) is 2.77. The summed E-state index contributed by atoms with van der Waals surface area (Å²) in [6.07, 6.45) is 4.58. The lowest BCUT2D eigenvalue weighted by atomic mass is 9.92. The number of carboxylic acid groups (broad SMARTS) is 1. The Morgan fingerprint density at radius 2 is 2.16 bits per heavy atom. The Balaban J connectivity index is 2.17. The van der Waals surface area contributed by atoms with Crippen molar-refractivity contribution in [3.05, 3.63) is 41.2 Å². The first kappa shape index (κ1) is 13.7. The van der Waals surface area contributed by atoms with Gasteiger partial charge in [0.1, 0.15) is 5.82 Å². The van der Waals surface area contributed by atoms with E-state index in [-0.39, 0.29) is 12.2 Å². The Hall–Kier alpha value is -1.68. The summed E-state index contributed by atoms with van der Waals surface area (Å²) in [6.45, 7) is 0. The van der Waals surface area contributed by atoms with Gasteiger partial charge in [-0.2, -0.15) is 0 Å². The van der Waals surface area contributed by atoms with Gasteiger partial charge in [0, 0.05) is 12.0 Å². The summed E-state index contributed by atoms with van der Waals surface area (Å²) in [7, 11) is 0. The van der Waals surface area contributed by atoms with Gasteiger partial charge in [-0.15, -0.1) is 0 Å². The molecule has 0 heterocycles. The van der Waals surface area contributed by atoms with Crippen molar-refractivity contribution < 1.29 is 19.4 Å². The molecule has 0 radical (unpaired) electrons. The number of rotatable bonds is 4.